The Hall–Kier alpha value is 0.620. The molecule has 0 aliphatic heterocycles. The molecule has 0 bridgehead atoms. The molecular weight excluding hydrogens is 208 g/mol. The van der Waals surface area contributed by atoms with Crippen LogP contribution in [0.4, 0.5) is 0 Å². The highest BCUT2D eigenvalue weighted by Crippen LogP contribution is 1.62. The maximum absolute atomic E-state index is 9.11. The van der Waals surface area contributed by atoms with Crippen LogP contribution in [0.1, 0.15) is 0 Å². The third kappa shape index (κ3) is 983. The van der Waals surface area contributed by atoms with E-state index in [-0.39, 0.29) is 0 Å². The second-order valence-electron chi connectivity index (χ2n) is 0.686. The van der Waals surface area contributed by atoms with Crippen molar-refractivity contribution < 1.29 is 22.1 Å². The molecule has 0 aliphatic carbocycles. The predicted octanol–water partition coefficient (Wildman–Crippen LogP) is -0.919. The molecule has 1 unspecified atom stereocenters. The summed E-state index contributed by atoms with van der Waals surface area (Å²) in [6.45, 7) is 0. The minimum absolute atomic E-state index is 2.29. The molecule has 0 saturated heterocycles. The Labute approximate surface area is 63.3 Å². The first kappa shape index (κ1) is 12.3. The average molecular weight is 212 g/mol. The first-order valence-corrected chi connectivity index (χ1v) is 5.89. The molecule has 3 N–H and O–H groups in total. The molecule has 0 aromatic rings. The normalized spacial score (nSPS) is 13.2. The maximum Gasteiger partial charge on any atom is 0.263 e. The molecule has 0 saturated carbocycles. The van der Waals surface area contributed by atoms with Crippen LogP contribution in [0.3, 0.4) is 0 Å². The summed E-state index contributed by atoms with van der Waals surface area (Å²) in [4.78, 5) is 0. The van der Waals surface area contributed by atoms with E-state index in [2.05, 4.69) is 22.4 Å². The van der Waals surface area contributed by atoms with Crippen molar-refractivity contribution in [2.45, 2.75) is 0 Å². The van der Waals surface area contributed by atoms with Crippen molar-refractivity contribution in [1.82, 2.24) is 0 Å². The van der Waals surface area contributed by atoms with Gasteiger partial charge >= 0.3 is 0 Å². The summed E-state index contributed by atoms with van der Waals surface area (Å²) in [5.74, 6) is 0. The molecule has 9 heteroatoms. The van der Waals surface area contributed by atoms with Gasteiger partial charge in [-0.05, 0) is 0 Å². The standard InChI is InChI=1S/H2O3S2.H2O2S2/c1-5(2,3)4;1-4(2)3/h(H2,1,2,3,4);4H,(H,1,2,3). The molecule has 0 fully saturated rings. The fraction of sp³-hybridized carbons (Fsp3) is 0. The first-order chi connectivity index (χ1) is 3.73. The van der Waals surface area contributed by atoms with Crippen LogP contribution in [-0.4, -0.2) is 22.1 Å². The summed E-state index contributed by atoms with van der Waals surface area (Å²) in [6.07, 6.45) is 0. The van der Waals surface area contributed by atoms with Crippen molar-refractivity contribution in [1.29, 1.82) is 0 Å². The molecule has 0 heterocycles. The van der Waals surface area contributed by atoms with E-state index < -0.39 is 18.7 Å². The van der Waals surface area contributed by atoms with Crippen LogP contribution < -0.4 is 0 Å². The van der Waals surface area contributed by atoms with Crippen LogP contribution in [0.15, 0.2) is 0 Å². The zero-order chi connectivity index (χ0) is 8.08. The second kappa shape index (κ2) is 5.41. The Bertz CT molecular complexity index is 189. The molecule has 5 nitrogen and oxygen atoms in total. The smallest absolute Gasteiger partial charge is 0.263 e. The summed E-state index contributed by atoms with van der Waals surface area (Å²) in [5.41, 5.74) is 0. The van der Waals surface area contributed by atoms with Gasteiger partial charge in [0.05, 0.1) is 0 Å². The van der Waals surface area contributed by atoms with Crippen molar-refractivity contribution in [3.05, 3.63) is 0 Å². The molecule has 0 rings (SSSR count). The second-order valence-corrected chi connectivity index (χ2v) is 4.30. The van der Waals surface area contributed by atoms with Gasteiger partial charge in [0.15, 0.2) is 0 Å². The van der Waals surface area contributed by atoms with E-state index in [1.165, 1.54) is 0 Å². The molecule has 1 atom stereocenters. The average Bonchev–Trinajstić information content (AvgIpc) is 1.19. The van der Waals surface area contributed by atoms with Gasteiger partial charge in [-0.3, -0.25) is 9.11 Å². The highest BCUT2D eigenvalue weighted by molar-refractivity contribution is 8.26. The van der Waals surface area contributed by atoms with Crippen molar-refractivity contribution in [3.8, 4) is 0 Å². The molecule has 0 amide bonds. The molecule has 9 heavy (non-hydrogen) atoms. The van der Waals surface area contributed by atoms with Gasteiger partial charge in [0.2, 0.25) is 0 Å². The summed E-state index contributed by atoms with van der Waals surface area (Å²) >= 11 is 7.15. The van der Waals surface area contributed by atoms with Crippen molar-refractivity contribution >= 4 is 41.1 Å². The van der Waals surface area contributed by atoms with E-state index in [0.717, 1.165) is 0 Å². The first-order valence-electron chi connectivity index (χ1n) is 1.26. The lowest BCUT2D eigenvalue weighted by atomic mass is 15.8. The Morgan fingerprint density at radius 2 is 1.44 bits per heavy atom. The summed E-state index contributed by atoms with van der Waals surface area (Å²) in [6, 6.07) is 0. The number of rotatable bonds is 0. The van der Waals surface area contributed by atoms with E-state index in [1.54, 1.807) is 0 Å². The van der Waals surface area contributed by atoms with Crippen LogP contribution in [-0.2, 0) is 41.1 Å². The van der Waals surface area contributed by atoms with Gasteiger partial charge < -0.3 is 4.55 Å². The fourth-order valence-electron chi connectivity index (χ4n) is 0. The molecular formula is H4O5S4. The zero-order valence-electron chi connectivity index (χ0n) is 3.83. The molecule has 0 aromatic carbocycles. The fourth-order valence-corrected chi connectivity index (χ4v) is 0. The van der Waals surface area contributed by atoms with Crippen LogP contribution in [0.5, 0.6) is 0 Å². The van der Waals surface area contributed by atoms with Crippen molar-refractivity contribution in [2.75, 3.05) is 0 Å². The van der Waals surface area contributed by atoms with E-state index in [4.69, 9.17) is 22.1 Å². The number of thiol groups is 1. The summed E-state index contributed by atoms with van der Waals surface area (Å²) in [7, 11) is -6.12. The lowest BCUT2D eigenvalue weighted by Gasteiger charge is -1.73. The molecule has 0 spiro atoms. The maximum atomic E-state index is 9.11. The van der Waals surface area contributed by atoms with Crippen LogP contribution in [0, 0.1) is 0 Å². The topological polar surface area (TPSA) is 94.8 Å². The van der Waals surface area contributed by atoms with Crippen LogP contribution in [0.2, 0.25) is 0 Å². The van der Waals surface area contributed by atoms with Crippen LogP contribution in [0.25, 0.3) is 0 Å². The lowest BCUT2D eigenvalue weighted by molar-refractivity contribution is 0.450. The summed E-state index contributed by atoms with van der Waals surface area (Å²) in [5, 5.41) is 0. The van der Waals surface area contributed by atoms with Gasteiger partial charge in [0.25, 0.3) is 9.05 Å². The van der Waals surface area contributed by atoms with Gasteiger partial charge in [-0.1, -0.05) is 0 Å². The highest BCUT2D eigenvalue weighted by Gasteiger charge is 1.78. The van der Waals surface area contributed by atoms with E-state index in [1.807, 2.05) is 0 Å². The summed E-state index contributed by atoms with van der Waals surface area (Å²) < 4.78 is 40.3. The monoisotopic (exact) mass is 212 g/mol. The van der Waals surface area contributed by atoms with Gasteiger partial charge in [-0.15, -0.1) is 0 Å². The minimum Gasteiger partial charge on any atom is -0.308 e. The third-order valence-electron chi connectivity index (χ3n) is 0. The Kier molecular flexibility index (Phi) is 7.40. The molecule has 0 aliphatic rings. The largest absolute Gasteiger partial charge is 0.308 e. The Balaban J connectivity index is 0. The van der Waals surface area contributed by atoms with Gasteiger partial charge in [0.1, 0.15) is 9.64 Å². The highest BCUT2D eigenvalue weighted by atomic mass is 32.9. The Morgan fingerprint density at radius 1 is 1.44 bits per heavy atom. The van der Waals surface area contributed by atoms with E-state index in [9.17, 15) is 0 Å². The molecule has 58 valence electrons. The van der Waals surface area contributed by atoms with Crippen molar-refractivity contribution in [3.63, 3.8) is 0 Å². The zero-order valence-corrected chi connectivity index (χ0v) is 7.17. The van der Waals surface area contributed by atoms with Gasteiger partial charge in [-0.2, -0.15) is 4.21 Å². The van der Waals surface area contributed by atoms with E-state index >= 15 is 0 Å². The van der Waals surface area contributed by atoms with E-state index in [0.29, 0.717) is 0 Å². The van der Waals surface area contributed by atoms with Gasteiger partial charge in [0, 0.05) is 22.4 Å². The molecule has 0 radical (unpaired) electrons. The van der Waals surface area contributed by atoms with Crippen molar-refractivity contribution in [2.24, 2.45) is 0 Å². The predicted molar refractivity (Wildman–Crippen MR) is 40.3 cm³/mol. The van der Waals surface area contributed by atoms with Crippen LogP contribution >= 0.6 is 0 Å². The number of hydrogen-bond donors (Lipinski definition) is 4. The quantitative estimate of drug-likeness (QED) is 0.386. The Morgan fingerprint density at radius 3 is 1.44 bits per heavy atom. The lowest BCUT2D eigenvalue weighted by Crippen LogP contribution is -1.86. The molecule has 0 aromatic heterocycles. The third-order valence-corrected chi connectivity index (χ3v) is 0. The number of hydrogen-bond acceptors (Lipinski definition) is 4. The SMILES string of the molecule is O=S(O)(O)=S.O=[SH](O)=S. The minimum atomic E-state index is -3.83. The van der Waals surface area contributed by atoms with Gasteiger partial charge in [-0.25, -0.2) is 4.21 Å².